The molecule has 0 spiro atoms. The van der Waals surface area contributed by atoms with Gasteiger partial charge in [-0.2, -0.15) is 0 Å². The molecule has 1 aromatic heterocycles. The predicted molar refractivity (Wildman–Crippen MR) is 78.5 cm³/mol. The first-order valence-corrected chi connectivity index (χ1v) is 6.65. The van der Waals surface area contributed by atoms with E-state index in [1.807, 2.05) is 13.0 Å². The maximum atomic E-state index is 12.1. The van der Waals surface area contributed by atoms with Crippen LogP contribution in [0.15, 0.2) is 34.7 Å². The number of carboxylic acids is 1. The number of furan rings is 1. The predicted octanol–water partition coefficient (Wildman–Crippen LogP) is 3.17. The minimum absolute atomic E-state index is 0.0634. The van der Waals surface area contributed by atoms with Crippen molar-refractivity contribution in [2.75, 3.05) is 5.32 Å². The van der Waals surface area contributed by atoms with Crippen molar-refractivity contribution in [1.82, 2.24) is 0 Å². The first kappa shape index (κ1) is 14.8. The Bertz CT molecular complexity index is 673. The van der Waals surface area contributed by atoms with E-state index in [4.69, 9.17) is 9.52 Å². The highest BCUT2D eigenvalue weighted by Gasteiger charge is 2.14. The van der Waals surface area contributed by atoms with E-state index >= 15 is 0 Å². The maximum absolute atomic E-state index is 12.1. The van der Waals surface area contributed by atoms with Crippen molar-refractivity contribution >= 4 is 17.6 Å². The van der Waals surface area contributed by atoms with Gasteiger partial charge in [0.15, 0.2) is 5.76 Å². The van der Waals surface area contributed by atoms with E-state index in [0.717, 1.165) is 11.1 Å². The molecule has 5 heteroatoms. The van der Waals surface area contributed by atoms with Gasteiger partial charge in [-0.25, -0.2) is 0 Å². The van der Waals surface area contributed by atoms with Gasteiger partial charge in [0.1, 0.15) is 5.76 Å². The Labute approximate surface area is 122 Å². The summed E-state index contributed by atoms with van der Waals surface area (Å²) in [6.45, 7) is 3.60. The molecule has 0 aliphatic carbocycles. The summed E-state index contributed by atoms with van der Waals surface area (Å²) in [5.74, 6) is -0.168. The molecule has 110 valence electrons. The van der Waals surface area contributed by atoms with Gasteiger partial charge in [0, 0.05) is 17.7 Å². The molecule has 2 N–H and O–H groups in total. The third-order valence-corrected chi connectivity index (χ3v) is 3.06. The molecule has 0 saturated carbocycles. The number of aryl methyl sites for hydroxylation is 3. The first-order chi connectivity index (χ1) is 9.95. The van der Waals surface area contributed by atoms with E-state index < -0.39 is 5.97 Å². The number of hydrogen-bond donors (Lipinski definition) is 2. The van der Waals surface area contributed by atoms with Crippen molar-refractivity contribution < 1.29 is 19.1 Å². The van der Waals surface area contributed by atoms with Gasteiger partial charge in [-0.05, 0) is 44.0 Å². The zero-order chi connectivity index (χ0) is 15.4. The summed E-state index contributed by atoms with van der Waals surface area (Å²) in [7, 11) is 0. The van der Waals surface area contributed by atoms with Crippen molar-refractivity contribution in [3.63, 3.8) is 0 Å². The van der Waals surface area contributed by atoms with Crippen LogP contribution in [0.5, 0.6) is 0 Å². The van der Waals surface area contributed by atoms with Crippen LogP contribution in [0.2, 0.25) is 0 Å². The summed E-state index contributed by atoms with van der Waals surface area (Å²) < 4.78 is 5.37. The summed E-state index contributed by atoms with van der Waals surface area (Å²) in [5, 5.41) is 11.4. The molecule has 5 nitrogen and oxygen atoms in total. The fourth-order valence-corrected chi connectivity index (χ4v) is 2.11. The Hall–Kier alpha value is -2.56. The lowest BCUT2D eigenvalue weighted by molar-refractivity contribution is -0.136. The molecule has 0 aliphatic heterocycles. The standard InChI is InChI=1S/C16H17NO4/c1-10-8-11(2)21-15(10)16(20)17-13-5-3-4-12(9-13)6-7-14(18)19/h3-5,8-9H,6-7H2,1-2H3,(H,17,20)(H,18,19). The fraction of sp³-hybridized carbons (Fsp3) is 0.250. The third-order valence-electron chi connectivity index (χ3n) is 3.06. The Kier molecular flexibility index (Phi) is 4.42. The average molecular weight is 287 g/mol. The molecule has 0 saturated heterocycles. The summed E-state index contributed by atoms with van der Waals surface area (Å²) in [5.41, 5.74) is 2.27. The Morgan fingerprint density at radius 1 is 1.24 bits per heavy atom. The summed E-state index contributed by atoms with van der Waals surface area (Å²) in [4.78, 5) is 22.7. The van der Waals surface area contributed by atoms with Gasteiger partial charge in [0.05, 0.1) is 0 Å². The molecule has 21 heavy (non-hydrogen) atoms. The number of carboxylic acid groups (broad SMARTS) is 1. The topological polar surface area (TPSA) is 79.5 Å². The second kappa shape index (κ2) is 6.26. The molecule has 1 heterocycles. The lowest BCUT2D eigenvalue weighted by atomic mass is 10.1. The third kappa shape index (κ3) is 3.95. The van der Waals surface area contributed by atoms with Crippen molar-refractivity contribution in [2.24, 2.45) is 0 Å². The van der Waals surface area contributed by atoms with E-state index in [9.17, 15) is 9.59 Å². The zero-order valence-corrected chi connectivity index (χ0v) is 12.0. The zero-order valence-electron chi connectivity index (χ0n) is 12.0. The Morgan fingerprint density at radius 3 is 2.62 bits per heavy atom. The minimum atomic E-state index is -0.842. The van der Waals surface area contributed by atoms with Crippen LogP contribution in [0.3, 0.4) is 0 Å². The molecule has 1 aromatic carbocycles. The van der Waals surface area contributed by atoms with Crippen LogP contribution >= 0.6 is 0 Å². The number of aliphatic carboxylic acids is 1. The molecular formula is C16H17NO4. The lowest BCUT2D eigenvalue weighted by Crippen LogP contribution is -2.12. The minimum Gasteiger partial charge on any atom is -0.481 e. The molecule has 0 bridgehead atoms. The molecule has 0 atom stereocenters. The monoisotopic (exact) mass is 287 g/mol. The number of carbonyl (C=O) groups is 2. The normalized spacial score (nSPS) is 10.4. The summed E-state index contributed by atoms with van der Waals surface area (Å²) in [6.07, 6.45) is 0.492. The van der Waals surface area contributed by atoms with Crippen LogP contribution in [0.25, 0.3) is 0 Å². The molecule has 0 radical (unpaired) electrons. The van der Waals surface area contributed by atoms with Gasteiger partial charge < -0.3 is 14.8 Å². The van der Waals surface area contributed by atoms with Gasteiger partial charge >= 0.3 is 5.97 Å². The highest BCUT2D eigenvalue weighted by Crippen LogP contribution is 2.17. The number of benzene rings is 1. The number of amides is 1. The van der Waals surface area contributed by atoms with Gasteiger partial charge in [0.2, 0.25) is 0 Å². The van der Waals surface area contributed by atoms with E-state index in [0.29, 0.717) is 23.6 Å². The molecule has 2 rings (SSSR count). The van der Waals surface area contributed by atoms with E-state index in [1.165, 1.54) is 0 Å². The van der Waals surface area contributed by atoms with Crippen LogP contribution < -0.4 is 5.32 Å². The number of anilines is 1. The van der Waals surface area contributed by atoms with Gasteiger partial charge in [0.25, 0.3) is 5.91 Å². The van der Waals surface area contributed by atoms with Gasteiger partial charge in [-0.3, -0.25) is 9.59 Å². The summed E-state index contributed by atoms with van der Waals surface area (Å²) >= 11 is 0. The molecule has 0 aliphatic rings. The van der Waals surface area contributed by atoms with Gasteiger partial charge in [-0.15, -0.1) is 0 Å². The highest BCUT2D eigenvalue weighted by atomic mass is 16.4. The fourth-order valence-electron chi connectivity index (χ4n) is 2.11. The van der Waals surface area contributed by atoms with E-state index in [1.54, 1.807) is 31.2 Å². The highest BCUT2D eigenvalue weighted by molar-refractivity contribution is 6.03. The number of nitrogens with one attached hydrogen (secondary N) is 1. The summed E-state index contributed by atoms with van der Waals surface area (Å²) in [6, 6.07) is 8.95. The molecular weight excluding hydrogens is 270 g/mol. The van der Waals surface area contributed by atoms with Crippen LogP contribution in [0, 0.1) is 13.8 Å². The maximum Gasteiger partial charge on any atom is 0.303 e. The average Bonchev–Trinajstić information content (AvgIpc) is 2.76. The second-order valence-corrected chi connectivity index (χ2v) is 4.92. The second-order valence-electron chi connectivity index (χ2n) is 4.92. The first-order valence-electron chi connectivity index (χ1n) is 6.65. The quantitative estimate of drug-likeness (QED) is 0.885. The Balaban J connectivity index is 2.09. The smallest absolute Gasteiger partial charge is 0.303 e. The lowest BCUT2D eigenvalue weighted by Gasteiger charge is -2.06. The van der Waals surface area contributed by atoms with Crippen LogP contribution in [-0.2, 0) is 11.2 Å². The number of hydrogen-bond acceptors (Lipinski definition) is 3. The molecule has 0 fully saturated rings. The van der Waals surface area contributed by atoms with Gasteiger partial charge in [-0.1, -0.05) is 12.1 Å². The van der Waals surface area contributed by atoms with Crippen LogP contribution in [0.4, 0.5) is 5.69 Å². The molecule has 1 amide bonds. The Morgan fingerprint density at radius 2 is 2.00 bits per heavy atom. The number of carbonyl (C=O) groups excluding carboxylic acids is 1. The largest absolute Gasteiger partial charge is 0.481 e. The molecule has 0 unspecified atom stereocenters. The molecule has 2 aromatic rings. The van der Waals surface area contributed by atoms with Crippen LogP contribution in [-0.4, -0.2) is 17.0 Å². The van der Waals surface area contributed by atoms with Crippen molar-refractivity contribution in [2.45, 2.75) is 26.7 Å². The number of rotatable bonds is 5. The SMILES string of the molecule is Cc1cc(C)c(C(=O)Nc2cccc(CCC(=O)O)c2)o1. The van der Waals surface area contributed by atoms with Crippen molar-refractivity contribution in [3.8, 4) is 0 Å². The van der Waals surface area contributed by atoms with E-state index in [-0.39, 0.29) is 12.3 Å². The van der Waals surface area contributed by atoms with E-state index in [2.05, 4.69) is 5.32 Å². The van der Waals surface area contributed by atoms with Crippen molar-refractivity contribution in [1.29, 1.82) is 0 Å². The van der Waals surface area contributed by atoms with Crippen LogP contribution in [0.1, 0.15) is 33.9 Å². The van der Waals surface area contributed by atoms with Crippen molar-refractivity contribution in [3.05, 3.63) is 53.0 Å².